The van der Waals surface area contributed by atoms with Crippen molar-refractivity contribution >= 4 is 5.82 Å². The molecule has 0 unspecified atom stereocenters. The molecule has 0 bridgehead atoms. The Morgan fingerprint density at radius 2 is 1.88 bits per heavy atom. The molecule has 7 nitrogen and oxygen atoms in total. The van der Waals surface area contributed by atoms with Crippen LogP contribution in [0.15, 0.2) is 34.9 Å². The summed E-state index contributed by atoms with van der Waals surface area (Å²) in [6, 6.07) is 8.63. The first-order chi connectivity index (χ1) is 12.5. The summed E-state index contributed by atoms with van der Waals surface area (Å²) in [6.07, 6.45) is 0. The van der Waals surface area contributed by atoms with Gasteiger partial charge in [0.15, 0.2) is 0 Å². The minimum absolute atomic E-state index is 0.114. The average molecular weight is 354 g/mol. The Kier molecular flexibility index (Phi) is 5.06. The van der Waals surface area contributed by atoms with Crippen LogP contribution in [0, 0.1) is 6.92 Å². The molecule has 0 spiro atoms. The van der Waals surface area contributed by atoms with E-state index >= 15 is 0 Å². The van der Waals surface area contributed by atoms with Gasteiger partial charge in [-0.05, 0) is 45.0 Å². The van der Waals surface area contributed by atoms with Crippen molar-refractivity contribution in [3.63, 3.8) is 0 Å². The van der Waals surface area contributed by atoms with Crippen LogP contribution in [0.25, 0.3) is 22.8 Å². The van der Waals surface area contributed by atoms with Crippen molar-refractivity contribution in [2.45, 2.75) is 20.8 Å². The second kappa shape index (κ2) is 7.43. The summed E-state index contributed by atoms with van der Waals surface area (Å²) in [5, 5.41) is 13.7. The maximum Gasteiger partial charge on any atom is 0.258 e. The van der Waals surface area contributed by atoms with Gasteiger partial charge in [0.2, 0.25) is 5.82 Å². The van der Waals surface area contributed by atoms with Crippen molar-refractivity contribution in [1.82, 2.24) is 15.1 Å². The Bertz CT molecular complexity index is 904. The predicted molar refractivity (Wildman–Crippen MR) is 99.5 cm³/mol. The lowest BCUT2D eigenvalue weighted by Crippen LogP contribution is -2.23. The van der Waals surface area contributed by atoms with Crippen LogP contribution in [0.3, 0.4) is 0 Å². The van der Waals surface area contributed by atoms with Crippen LogP contribution in [0.1, 0.15) is 19.5 Å². The quantitative estimate of drug-likeness (QED) is 0.723. The molecule has 0 saturated heterocycles. The van der Waals surface area contributed by atoms with Gasteiger partial charge in [-0.2, -0.15) is 4.98 Å². The van der Waals surface area contributed by atoms with Crippen molar-refractivity contribution in [2.75, 3.05) is 25.1 Å². The summed E-state index contributed by atoms with van der Waals surface area (Å²) in [6.45, 7) is 7.86. The molecular weight excluding hydrogens is 332 g/mol. The first-order valence-corrected chi connectivity index (χ1v) is 8.50. The molecule has 1 aromatic carbocycles. The molecule has 0 fully saturated rings. The van der Waals surface area contributed by atoms with Crippen molar-refractivity contribution in [3.8, 4) is 34.3 Å². The van der Waals surface area contributed by atoms with Gasteiger partial charge in [0.25, 0.3) is 5.89 Å². The van der Waals surface area contributed by atoms with Crippen molar-refractivity contribution in [3.05, 3.63) is 36.0 Å². The van der Waals surface area contributed by atoms with Crippen LogP contribution in [0.5, 0.6) is 11.5 Å². The van der Waals surface area contributed by atoms with Crippen LogP contribution in [0.4, 0.5) is 5.82 Å². The highest BCUT2D eigenvalue weighted by molar-refractivity contribution is 5.68. The number of phenolic OH excluding ortho intramolecular Hbond substituents is 1. The lowest BCUT2D eigenvalue weighted by Gasteiger charge is -2.20. The maximum absolute atomic E-state index is 9.60. The number of hydrogen-bond donors (Lipinski definition) is 1. The van der Waals surface area contributed by atoms with Gasteiger partial charge in [-0.1, -0.05) is 5.16 Å². The average Bonchev–Trinajstić information content (AvgIpc) is 3.12. The number of aromatic hydroxyl groups is 1. The van der Waals surface area contributed by atoms with Gasteiger partial charge in [-0.15, -0.1) is 0 Å². The summed E-state index contributed by atoms with van der Waals surface area (Å²) in [5.41, 5.74) is 2.34. The van der Waals surface area contributed by atoms with E-state index in [2.05, 4.69) is 33.9 Å². The van der Waals surface area contributed by atoms with Crippen LogP contribution in [-0.2, 0) is 0 Å². The van der Waals surface area contributed by atoms with Crippen LogP contribution in [-0.4, -0.2) is 40.4 Å². The molecule has 0 aliphatic carbocycles. The van der Waals surface area contributed by atoms with Crippen LogP contribution < -0.4 is 9.64 Å². The zero-order valence-electron chi connectivity index (χ0n) is 15.4. The highest BCUT2D eigenvalue weighted by atomic mass is 16.5. The molecule has 0 amide bonds. The van der Waals surface area contributed by atoms with E-state index in [9.17, 15) is 5.11 Å². The van der Waals surface area contributed by atoms with E-state index in [1.807, 2.05) is 19.1 Å². The molecule has 3 aromatic rings. The van der Waals surface area contributed by atoms with E-state index in [-0.39, 0.29) is 5.75 Å². The number of ether oxygens (including phenoxy) is 1. The fraction of sp³-hybridized carbons (Fsp3) is 0.316. The number of aryl methyl sites for hydroxylation is 1. The second-order valence-corrected chi connectivity index (χ2v) is 5.84. The van der Waals surface area contributed by atoms with E-state index in [4.69, 9.17) is 9.26 Å². The Hall–Kier alpha value is -3.09. The molecule has 0 radical (unpaired) electrons. The van der Waals surface area contributed by atoms with E-state index in [1.165, 1.54) is 13.2 Å². The molecule has 2 aromatic heterocycles. The number of methoxy groups -OCH3 is 1. The summed E-state index contributed by atoms with van der Waals surface area (Å²) in [7, 11) is 1.53. The SMILES string of the molecule is CCN(CC)c1cc(-c2nc(-c3ccc(O)cc3OC)no2)cc(C)n1. The van der Waals surface area contributed by atoms with Gasteiger partial charge in [-0.3, -0.25) is 0 Å². The minimum atomic E-state index is 0.114. The number of pyridine rings is 1. The molecule has 1 N–H and O–H groups in total. The molecular formula is C19H22N4O3. The summed E-state index contributed by atoms with van der Waals surface area (Å²) in [4.78, 5) is 11.3. The maximum atomic E-state index is 9.60. The zero-order chi connectivity index (χ0) is 18.7. The van der Waals surface area contributed by atoms with E-state index in [0.717, 1.165) is 30.2 Å². The second-order valence-electron chi connectivity index (χ2n) is 5.84. The Balaban J connectivity index is 2.00. The number of nitrogens with zero attached hydrogens (tertiary/aromatic N) is 4. The van der Waals surface area contributed by atoms with Gasteiger partial charge in [0, 0.05) is 30.4 Å². The normalized spacial score (nSPS) is 10.8. The number of benzene rings is 1. The standard InChI is InChI=1S/C19H22N4O3/c1-5-23(6-2)17-10-13(9-12(3)20-17)19-21-18(22-26-19)15-8-7-14(24)11-16(15)25-4/h7-11,24H,5-6H2,1-4H3. The van der Waals surface area contributed by atoms with Gasteiger partial charge >= 0.3 is 0 Å². The Morgan fingerprint density at radius 3 is 2.58 bits per heavy atom. The third-order valence-electron chi connectivity index (χ3n) is 4.13. The lowest BCUT2D eigenvalue weighted by atomic mass is 10.1. The van der Waals surface area contributed by atoms with Crippen LogP contribution >= 0.6 is 0 Å². The summed E-state index contributed by atoms with van der Waals surface area (Å²) < 4.78 is 10.8. The largest absolute Gasteiger partial charge is 0.508 e. The molecule has 136 valence electrons. The van der Waals surface area contributed by atoms with Crippen molar-refractivity contribution in [1.29, 1.82) is 0 Å². The summed E-state index contributed by atoms with van der Waals surface area (Å²) in [5.74, 6) is 2.28. The number of phenols is 1. The fourth-order valence-electron chi connectivity index (χ4n) is 2.80. The molecule has 0 aliphatic heterocycles. The predicted octanol–water partition coefficient (Wildman–Crippen LogP) is 3.67. The number of aromatic nitrogens is 3. The van der Waals surface area contributed by atoms with E-state index in [1.54, 1.807) is 12.1 Å². The van der Waals surface area contributed by atoms with Crippen LogP contribution in [0.2, 0.25) is 0 Å². The molecule has 0 atom stereocenters. The van der Waals surface area contributed by atoms with Crippen molar-refractivity contribution < 1.29 is 14.4 Å². The Labute approximate surface area is 152 Å². The molecule has 2 heterocycles. The number of rotatable bonds is 6. The minimum Gasteiger partial charge on any atom is -0.508 e. The zero-order valence-corrected chi connectivity index (χ0v) is 15.4. The van der Waals surface area contributed by atoms with E-state index < -0.39 is 0 Å². The molecule has 7 heteroatoms. The van der Waals surface area contributed by atoms with Gasteiger partial charge in [-0.25, -0.2) is 4.98 Å². The fourth-order valence-corrected chi connectivity index (χ4v) is 2.80. The third-order valence-corrected chi connectivity index (χ3v) is 4.13. The first-order valence-electron chi connectivity index (χ1n) is 8.50. The monoisotopic (exact) mass is 354 g/mol. The number of hydrogen-bond acceptors (Lipinski definition) is 7. The highest BCUT2D eigenvalue weighted by Crippen LogP contribution is 2.32. The van der Waals surface area contributed by atoms with Crippen molar-refractivity contribution in [2.24, 2.45) is 0 Å². The highest BCUT2D eigenvalue weighted by Gasteiger charge is 2.17. The first kappa shape index (κ1) is 17.7. The molecule has 26 heavy (non-hydrogen) atoms. The molecule has 3 rings (SSSR count). The van der Waals surface area contributed by atoms with E-state index in [0.29, 0.717) is 23.0 Å². The van der Waals surface area contributed by atoms with Gasteiger partial charge in [0.05, 0.1) is 12.7 Å². The number of anilines is 1. The van der Waals surface area contributed by atoms with Gasteiger partial charge in [0.1, 0.15) is 17.3 Å². The molecule has 0 aliphatic rings. The smallest absolute Gasteiger partial charge is 0.258 e. The Morgan fingerprint density at radius 1 is 1.12 bits per heavy atom. The topological polar surface area (TPSA) is 84.5 Å². The third kappa shape index (κ3) is 3.46. The summed E-state index contributed by atoms with van der Waals surface area (Å²) >= 11 is 0. The molecule has 0 saturated carbocycles. The van der Waals surface area contributed by atoms with Gasteiger partial charge < -0.3 is 19.3 Å². The lowest BCUT2D eigenvalue weighted by molar-refractivity contribution is 0.407.